The number of nitrogen functional groups attached to an aromatic ring is 1. The Morgan fingerprint density at radius 3 is 2.32 bits per heavy atom. The van der Waals surface area contributed by atoms with Gasteiger partial charge >= 0.3 is 13.7 Å². The molecule has 5 nitrogen and oxygen atoms in total. The predicted molar refractivity (Wildman–Crippen MR) is 81.1 cm³/mol. The lowest BCUT2D eigenvalue weighted by Crippen LogP contribution is -2.41. The molecule has 1 aromatic heterocycles. The number of halogens is 2. The minimum Gasteiger partial charge on any atom is -0.399 e. The number of alkyl halides is 2. The fourth-order valence-electron chi connectivity index (χ4n) is 2.52. The number of rotatable bonds is 2. The Bertz CT molecular complexity index is 714. The quantitative estimate of drug-likeness (QED) is 0.865. The average molecular weight is 309 g/mol. The van der Waals surface area contributed by atoms with Crippen molar-refractivity contribution in [2.24, 2.45) is 0 Å². The van der Waals surface area contributed by atoms with Crippen molar-refractivity contribution < 1.29 is 18.1 Å². The molecule has 1 saturated heterocycles. The standard InChI is InChI=1S/C14H18BF2N3O2/c1-13(2)14(3,4)22-15(21-13)8-6-5-7-9-10(8)19-12(18)20(9)11(16)17/h5-7,11H,1-4H3,(H2,18,19). The summed E-state index contributed by atoms with van der Waals surface area (Å²) in [5.74, 6) is -0.228. The normalized spacial score (nSPS) is 20.2. The van der Waals surface area contributed by atoms with Gasteiger partial charge in [0.1, 0.15) is 0 Å². The van der Waals surface area contributed by atoms with E-state index >= 15 is 0 Å². The van der Waals surface area contributed by atoms with E-state index in [1.54, 1.807) is 18.2 Å². The van der Waals surface area contributed by atoms with Crippen molar-refractivity contribution in [1.82, 2.24) is 9.55 Å². The van der Waals surface area contributed by atoms with E-state index in [0.29, 0.717) is 15.5 Å². The van der Waals surface area contributed by atoms with Crippen LogP contribution in [0.5, 0.6) is 0 Å². The van der Waals surface area contributed by atoms with Crippen LogP contribution in [0.4, 0.5) is 14.7 Å². The Morgan fingerprint density at radius 1 is 1.18 bits per heavy atom. The molecule has 0 unspecified atom stereocenters. The van der Waals surface area contributed by atoms with Gasteiger partial charge in [-0.05, 0) is 33.8 Å². The molecule has 0 amide bonds. The number of imidazole rings is 1. The lowest BCUT2D eigenvalue weighted by molar-refractivity contribution is 0.00578. The number of nitrogens with zero attached hydrogens (tertiary/aromatic N) is 2. The molecular formula is C14H18BF2N3O2. The maximum atomic E-state index is 13.1. The first kappa shape index (κ1) is 15.2. The molecule has 0 radical (unpaired) electrons. The molecule has 1 fully saturated rings. The van der Waals surface area contributed by atoms with Gasteiger partial charge in [0.05, 0.1) is 22.2 Å². The van der Waals surface area contributed by atoms with Crippen LogP contribution in [0, 0.1) is 0 Å². The topological polar surface area (TPSA) is 62.3 Å². The van der Waals surface area contributed by atoms with Crippen molar-refractivity contribution in [3.05, 3.63) is 18.2 Å². The number of nitrogens with two attached hydrogens (primary N) is 1. The summed E-state index contributed by atoms with van der Waals surface area (Å²) >= 11 is 0. The number of aromatic nitrogens is 2. The molecule has 1 aliphatic rings. The molecule has 22 heavy (non-hydrogen) atoms. The summed E-state index contributed by atoms with van der Waals surface area (Å²) < 4.78 is 38.9. The van der Waals surface area contributed by atoms with Gasteiger partial charge in [-0.25, -0.2) is 4.98 Å². The Kier molecular flexibility index (Phi) is 3.23. The minimum atomic E-state index is -2.75. The third-order valence-electron chi connectivity index (χ3n) is 4.48. The molecule has 2 heterocycles. The highest BCUT2D eigenvalue weighted by Gasteiger charge is 2.52. The molecule has 118 valence electrons. The van der Waals surface area contributed by atoms with E-state index in [1.165, 1.54) is 0 Å². The predicted octanol–water partition coefficient (Wildman–Crippen LogP) is 2.31. The Labute approximate surface area is 127 Å². The molecule has 1 aromatic carbocycles. The summed E-state index contributed by atoms with van der Waals surface area (Å²) in [6, 6.07) is 4.98. The van der Waals surface area contributed by atoms with Crippen LogP contribution in [-0.2, 0) is 9.31 Å². The molecule has 0 atom stereocenters. The van der Waals surface area contributed by atoms with Crippen LogP contribution in [0.25, 0.3) is 11.0 Å². The highest BCUT2D eigenvalue weighted by molar-refractivity contribution is 6.64. The van der Waals surface area contributed by atoms with Gasteiger partial charge < -0.3 is 15.0 Å². The van der Waals surface area contributed by atoms with Gasteiger partial charge in [0.15, 0.2) is 0 Å². The first-order valence-corrected chi connectivity index (χ1v) is 7.04. The van der Waals surface area contributed by atoms with E-state index in [-0.39, 0.29) is 11.5 Å². The van der Waals surface area contributed by atoms with Crippen LogP contribution in [0.1, 0.15) is 34.2 Å². The molecule has 0 spiro atoms. The maximum Gasteiger partial charge on any atom is 0.497 e. The monoisotopic (exact) mass is 309 g/mol. The zero-order valence-electron chi connectivity index (χ0n) is 12.9. The van der Waals surface area contributed by atoms with Gasteiger partial charge in [-0.3, -0.25) is 4.57 Å². The van der Waals surface area contributed by atoms with Gasteiger partial charge in [-0.1, -0.05) is 12.1 Å². The summed E-state index contributed by atoms with van der Waals surface area (Å²) in [6.45, 7) is 4.97. The highest BCUT2D eigenvalue weighted by atomic mass is 19.3. The Morgan fingerprint density at radius 2 is 1.77 bits per heavy atom. The Balaban J connectivity index is 2.12. The van der Waals surface area contributed by atoms with Gasteiger partial charge in [-0.2, -0.15) is 8.78 Å². The lowest BCUT2D eigenvalue weighted by atomic mass is 9.78. The number of hydrogen-bond donors (Lipinski definition) is 1. The van der Waals surface area contributed by atoms with E-state index < -0.39 is 24.9 Å². The molecule has 2 N–H and O–H groups in total. The summed E-state index contributed by atoms with van der Waals surface area (Å²) in [7, 11) is -0.672. The van der Waals surface area contributed by atoms with Crippen molar-refractivity contribution in [1.29, 1.82) is 0 Å². The molecule has 0 saturated carbocycles. The third kappa shape index (κ3) is 2.09. The van der Waals surface area contributed by atoms with Gasteiger partial charge in [0.2, 0.25) is 5.95 Å². The summed E-state index contributed by atoms with van der Waals surface area (Å²) in [5.41, 5.74) is 5.82. The van der Waals surface area contributed by atoms with Crippen LogP contribution in [-0.4, -0.2) is 27.9 Å². The third-order valence-corrected chi connectivity index (χ3v) is 4.48. The minimum absolute atomic E-state index is 0.228. The Hall–Kier alpha value is -1.67. The second-order valence-corrected chi connectivity index (χ2v) is 6.42. The summed E-state index contributed by atoms with van der Waals surface area (Å²) in [4.78, 5) is 4.08. The lowest BCUT2D eigenvalue weighted by Gasteiger charge is -2.32. The fraction of sp³-hybridized carbons (Fsp3) is 0.500. The SMILES string of the molecule is CC1(C)OB(c2cccc3c2nc(N)n3C(F)F)OC1(C)C. The van der Waals surface area contributed by atoms with Crippen molar-refractivity contribution in [2.75, 3.05) is 5.73 Å². The molecule has 2 aromatic rings. The maximum absolute atomic E-state index is 13.1. The first-order chi connectivity index (χ1) is 10.1. The van der Waals surface area contributed by atoms with E-state index in [4.69, 9.17) is 15.0 Å². The van der Waals surface area contributed by atoms with Crippen molar-refractivity contribution in [2.45, 2.75) is 45.4 Å². The van der Waals surface area contributed by atoms with Crippen molar-refractivity contribution in [3.63, 3.8) is 0 Å². The summed E-state index contributed by atoms with van der Waals surface area (Å²) in [6.07, 6.45) is 0. The molecule has 0 bridgehead atoms. The van der Waals surface area contributed by atoms with Crippen LogP contribution in [0.3, 0.4) is 0 Å². The second kappa shape index (κ2) is 4.66. The highest BCUT2D eigenvalue weighted by Crippen LogP contribution is 2.37. The number of para-hydroxylation sites is 1. The molecule has 0 aliphatic carbocycles. The second-order valence-electron chi connectivity index (χ2n) is 6.42. The molecular weight excluding hydrogens is 291 g/mol. The zero-order valence-corrected chi connectivity index (χ0v) is 12.9. The molecule has 1 aliphatic heterocycles. The van der Waals surface area contributed by atoms with Crippen LogP contribution in [0.15, 0.2) is 18.2 Å². The zero-order chi connectivity index (χ0) is 16.3. The molecule has 3 rings (SSSR count). The van der Waals surface area contributed by atoms with Crippen molar-refractivity contribution >= 4 is 29.6 Å². The average Bonchev–Trinajstić information content (AvgIpc) is 2.82. The number of benzene rings is 1. The number of hydrogen-bond acceptors (Lipinski definition) is 4. The van der Waals surface area contributed by atoms with E-state index in [1.807, 2.05) is 27.7 Å². The van der Waals surface area contributed by atoms with Crippen LogP contribution < -0.4 is 11.2 Å². The van der Waals surface area contributed by atoms with Crippen LogP contribution >= 0.6 is 0 Å². The van der Waals surface area contributed by atoms with E-state index in [2.05, 4.69) is 4.98 Å². The molecule has 8 heteroatoms. The van der Waals surface area contributed by atoms with E-state index in [9.17, 15) is 8.78 Å². The van der Waals surface area contributed by atoms with E-state index in [0.717, 1.165) is 0 Å². The van der Waals surface area contributed by atoms with Gasteiger partial charge in [-0.15, -0.1) is 0 Å². The summed E-state index contributed by atoms with van der Waals surface area (Å²) in [5, 5.41) is 0. The van der Waals surface area contributed by atoms with Crippen molar-refractivity contribution in [3.8, 4) is 0 Å². The fourth-order valence-corrected chi connectivity index (χ4v) is 2.52. The number of anilines is 1. The van der Waals surface area contributed by atoms with Gasteiger partial charge in [0.25, 0.3) is 0 Å². The van der Waals surface area contributed by atoms with Crippen LogP contribution in [0.2, 0.25) is 0 Å². The largest absolute Gasteiger partial charge is 0.497 e. The smallest absolute Gasteiger partial charge is 0.399 e. The number of fused-ring (bicyclic) bond motifs is 1. The van der Waals surface area contributed by atoms with Gasteiger partial charge in [0, 0.05) is 5.46 Å². The first-order valence-electron chi connectivity index (χ1n) is 7.04.